The van der Waals surface area contributed by atoms with Crippen LogP contribution in [0.5, 0.6) is 5.75 Å². The lowest BCUT2D eigenvalue weighted by atomic mass is 10.0. The molecule has 0 saturated carbocycles. The minimum absolute atomic E-state index is 0.0972. The summed E-state index contributed by atoms with van der Waals surface area (Å²) in [7, 11) is 1.49. The molecule has 160 valence electrons. The number of nitro benzene ring substituents is 1. The first-order chi connectivity index (χ1) is 15.5. The lowest BCUT2D eigenvalue weighted by Gasteiger charge is -2.13. The van der Waals surface area contributed by atoms with Gasteiger partial charge in [-0.05, 0) is 18.2 Å². The standard InChI is InChI=1S/C23H18N4O5/c1-32-20-12-5-4-11-19(20)24-21(28)14-26-23(29)18-10-3-2-9-17(18)22(25-26)15-7-6-8-16(13-15)27(30)31/h2-13H,14H2,1H3,(H,24,28). The van der Waals surface area contributed by atoms with Gasteiger partial charge in [0, 0.05) is 23.1 Å². The van der Waals surface area contributed by atoms with Crippen LogP contribution in [0, 0.1) is 10.1 Å². The number of para-hydroxylation sites is 2. The van der Waals surface area contributed by atoms with Crippen molar-refractivity contribution >= 4 is 28.1 Å². The van der Waals surface area contributed by atoms with Gasteiger partial charge >= 0.3 is 0 Å². The first kappa shape index (κ1) is 20.7. The molecule has 0 spiro atoms. The summed E-state index contributed by atoms with van der Waals surface area (Å²) in [6, 6.07) is 19.7. The Morgan fingerprint density at radius 3 is 2.53 bits per heavy atom. The zero-order valence-electron chi connectivity index (χ0n) is 17.0. The zero-order valence-corrected chi connectivity index (χ0v) is 17.0. The summed E-state index contributed by atoms with van der Waals surface area (Å²) in [4.78, 5) is 36.4. The van der Waals surface area contributed by atoms with E-state index in [2.05, 4.69) is 10.4 Å². The molecule has 9 nitrogen and oxygen atoms in total. The van der Waals surface area contributed by atoms with Gasteiger partial charge in [-0.2, -0.15) is 5.10 Å². The molecule has 0 fully saturated rings. The van der Waals surface area contributed by atoms with Crippen LogP contribution in [-0.4, -0.2) is 27.7 Å². The number of nitrogens with one attached hydrogen (secondary N) is 1. The van der Waals surface area contributed by atoms with Crippen molar-refractivity contribution in [3.8, 4) is 17.0 Å². The van der Waals surface area contributed by atoms with Gasteiger partial charge in [0.05, 0.1) is 28.8 Å². The predicted molar refractivity (Wildman–Crippen MR) is 120 cm³/mol. The summed E-state index contributed by atoms with van der Waals surface area (Å²) in [6.07, 6.45) is 0. The number of hydrogen-bond acceptors (Lipinski definition) is 6. The fraction of sp³-hybridized carbons (Fsp3) is 0.0870. The lowest BCUT2D eigenvalue weighted by molar-refractivity contribution is -0.384. The Labute approximate surface area is 182 Å². The molecule has 3 aromatic carbocycles. The van der Waals surface area contributed by atoms with Crippen LogP contribution in [0.15, 0.2) is 77.6 Å². The summed E-state index contributed by atoms with van der Waals surface area (Å²) in [5, 5.41) is 19.2. The van der Waals surface area contributed by atoms with Gasteiger partial charge in [0.1, 0.15) is 12.3 Å². The molecule has 1 N–H and O–H groups in total. The van der Waals surface area contributed by atoms with E-state index in [1.807, 2.05) is 0 Å². The Morgan fingerprint density at radius 1 is 1.06 bits per heavy atom. The number of carbonyl (C=O) groups excluding carboxylic acids is 1. The Balaban J connectivity index is 1.77. The van der Waals surface area contributed by atoms with Gasteiger partial charge in [0.15, 0.2) is 0 Å². The highest BCUT2D eigenvalue weighted by molar-refractivity contribution is 5.95. The van der Waals surface area contributed by atoms with Crippen LogP contribution in [0.25, 0.3) is 22.0 Å². The van der Waals surface area contributed by atoms with Crippen molar-refractivity contribution in [1.82, 2.24) is 9.78 Å². The van der Waals surface area contributed by atoms with Crippen LogP contribution in [0.2, 0.25) is 0 Å². The number of fused-ring (bicyclic) bond motifs is 1. The minimum atomic E-state index is -0.498. The van der Waals surface area contributed by atoms with Gasteiger partial charge in [-0.3, -0.25) is 19.7 Å². The molecular weight excluding hydrogens is 412 g/mol. The van der Waals surface area contributed by atoms with Crippen molar-refractivity contribution < 1.29 is 14.5 Å². The molecule has 4 rings (SSSR count). The molecule has 9 heteroatoms. The van der Waals surface area contributed by atoms with E-state index in [9.17, 15) is 19.7 Å². The number of aromatic nitrogens is 2. The maximum atomic E-state index is 13.0. The second kappa shape index (κ2) is 8.68. The van der Waals surface area contributed by atoms with E-state index in [1.165, 1.54) is 19.2 Å². The average molecular weight is 430 g/mol. The molecule has 1 heterocycles. The van der Waals surface area contributed by atoms with E-state index in [4.69, 9.17) is 4.74 Å². The molecule has 1 amide bonds. The predicted octanol–water partition coefficient (Wildman–Crippen LogP) is 3.62. The van der Waals surface area contributed by atoms with Gasteiger partial charge in [-0.1, -0.05) is 42.5 Å². The average Bonchev–Trinajstić information content (AvgIpc) is 2.81. The van der Waals surface area contributed by atoms with E-state index in [0.717, 1.165) is 4.68 Å². The number of nitrogens with zero attached hydrogens (tertiary/aromatic N) is 3. The topological polar surface area (TPSA) is 116 Å². The molecule has 0 saturated heterocycles. The van der Waals surface area contributed by atoms with Gasteiger partial charge in [0.25, 0.3) is 11.2 Å². The van der Waals surface area contributed by atoms with Crippen LogP contribution >= 0.6 is 0 Å². The third kappa shape index (κ3) is 4.04. The maximum Gasteiger partial charge on any atom is 0.275 e. The van der Waals surface area contributed by atoms with E-state index < -0.39 is 16.4 Å². The molecular formula is C23H18N4O5. The number of benzene rings is 3. The Bertz CT molecular complexity index is 1400. The van der Waals surface area contributed by atoms with Crippen LogP contribution < -0.4 is 15.6 Å². The third-order valence-electron chi connectivity index (χ3n) is 4.87. The quantitative estimate of drug-likeness (QED) is 0.369. The molecule has 32 heavy (non-hydrogen) atoms. The minimum Gasteiger partial charge on any atom is -0.495 e. The maximum absolute atomic E-state index is 13.0. The molecule has 0 aliphatic heterocycles. The number of rotatable bonds is 6. The largest absolute Gasteiger partial charge is 0.495 e. The molecule has 0 atom stereocenters. The number of nitro groups is 1. The van der Waals surface area contributed by atoms with E-state index in [-0.39, 0.29) is 12.2 Å². The van der Waals surface area contributed by atoms with Crippen LogP contribution in [0.1, 0.15) is 0 Å². The number of non-ortho nitro benzene ring substituents is 1. The summed E-state index contributed by atoms with van der Waals surface area (Å²) in [5.74, 6) is 0.0151. The lowest BCUT2D eigenvalue weighted by Crippen LogP contribution is -2.30. The molecule has 0 bridgehead atoms. The highest BCUT2D eigenvalue weighted by Gasteiger charge is 2.17. The molecule has 0 unspecified atom stereocenters. The number of methoxy groups -OCH3 is 1. The summed E-state index contributed by atoms with van der Waals surface area (Å²) in [5.41, 5.74) is 0.765. The normalized spacial score (nSPS) is 10.7. The summed E-state index contributed by atoms with van der Waals surface area (Å²) in [6.45, 7) is -0.344. The molecule has 0 aliphatic carbocycles. The van der Waals surface area contributed by atoms with Gasteiger partial charge in [0.2, 0.25) is 5.91 Å². The highest BCUT2D eigenvalue weighted by atomic mass is 16.6. The molecule has 1 aromatic heterocycles. The summed E-state index contributed by atoms with van der Waals surface area (Å²) < 4.78 is 6.29. The Kier molecular flexibility index (Phi) is 5.63. The van der Waals surface area contributed by atoms with Crippen LogP contribution in [-0.2, 0) is 11.3 Å². The second-order valence-corrected chi connectivity index (χ2v) is 6.91. The van der Waals surface area contributed by atoms with Crippen molar-refractivity contribution in [3.63, 3.8) is 0 Å². The van der Waals surface area contributed by atoms with E-state index >= 15 is 0 Å². The molecule has 0 aliphatic rings. The number of ether oxygens (including phenoxy) is 1. The first-order valence-corrected chi connectivity index (χ1v) is 9.65. The number of hydrogen-bond donors (Lipinski definition) is 1. The van der Waals surface area contributed by atoms with Crippen LogP contribution in [0.3, 0.4) is 0 Å². The highest BCUT2D eigenvalue weighted by Crippen LogP contribution is 2.27. The smallest absolute Gasteiger partial charge is 0.275 e. The third-order valence-corrected chi connectivity index (χ3v) is 4.87. The van der Waals surface area contributed by atoms with Crippen molar-refractivity contribution in [2.75, 3.05) is 12.4 Å². The Morgan fingerprint density at radius 2 is 1.78 bits per heavy atom. The fourth-order valence-electron chi connectivity index (χ4n) is 3.40. The monoisotopic (exact) mass is 430 g/mol. The Hall–Kier alpha value is -4.53. The second-order valence-electron chi connectivity index (χ2n) is 6.91. The van der Waals surface area contributed by atoms with E-state index in [0.29, 0.717) is 33.5 Å². The molecule has 0 radical (unpaired) electrons. The first-order valence-electron chi connectivity index (χ1n) is 9.65. The van der Waals surface area contributed by atoms with Gasteiger partial charge in [-0.15, -0.1) is 0 Å². The van der Waals surface area contributed by atoms with Crippen molar-refractivity contribution in [2.45, 2.75) is 6.54 Å². The van der Waals surface area contributed by atoms with Crippen molar-refractivity contribution in [2.24, 2.45) is 0 Å². The number of anilines is 1. The zero-order chi connectivity index (χ0) is 22.7. The van der Waals surface area contributed by atoms with Gasteiger partial charge in [-0.25, -0.2) is 4.68 Å². The number of amides is 1. The number of carbonyl (C=O) groups is 1. The summed E-state index contributed by atoms with van der Waals surface area (Å²) >= 11 is 0. The van der Waals surface area contributed by atoms with Crippen LogP contribution in [0.4, 0.5) is 11.4 Å². The molecule has 4 aromatic rings. The van der Waals surface area contributed by atoms with E-state index in [1.54, 1.807) is 60.7 Å². The SMILES string of the molecule is COc1ccccc1NC(=O)Cn1nc(-c2cccc([N+](=O)[O-])c2)c2ccccc2c1=O. The fourth-order valence-corrected chi connectivity index (χ4v) is 3.40. The van der Waals surface area contributed by atoms with Crippen molar-refractivity contribution in [3.05, 3.63) is 93.3 Å². The van der Waals surface area contributed by atoms with Crippen molar-refractivity contribution in [1.29, 1.82) is 0 Å². The van der Waals surface area contributed by atoms with Gasteiger partial charge < -0.3 is 10.1 Å².